The van der Waals surface area contributed by atoms with E-state index in [4.69, 9.17) is 16.0 Å². The lowest BCUT2D eigenvalue weighted by Gasteiger charge is -2.22. The molecule has 5 heteroatoms. The predicted molar refractivity (Wildman–Crippen MR) is 93.9 cm³/mol. The normalized spacial score (nSPS) is 22.0. The first kappa shape index (κ1) is 16.6. The van der Waals surface area contributed by atoms with Crippen LogP contribution in [0, 0.1) is 11.7 Å². The molecule has 0 spiro atoms. The van der Waals surface area contributed by atoms with Crippen molar-refractivity contribution in [2.45, 2.75) is 51.1 Å². The van der Waals surface area contributed by atoms with Gasteiger partial charge in [-0.1, -0.05) is 24.6 Å². The SMILES string of the molecule is CC1CC1c1ccc(CN(C(=O)Cc2c(F)cccc2Cl)C2CC2)o1. The van der Waals surface area contributed by atoms with Gasteiger partial charge in [-0.2, -0.15) is 0 Å². The van der Waals surface area contributed by atoms with Gasteiger partial charge in [0.2, 0.25) is 5.91 Å². The van der Waals surface area contributed by atoms with Gasteiger partial charge < -0.3 is 9.32 Å². The fourth-order valence-corrected chi connectivity index (χ4v) is 3.56. The van der Waals surface area contributed by atoms with Gasteiger partial charge in [0.25, 0.3) is 0 Å². The summed E-state index contributed by atoms with van der Waals surface area (Å²) in [6, 6.07) is 8.71. The molecule has 2 aliphatic rings. The number of hydrogen-bond acceptors (Lipinski definition) is 2. The summed E-state index contributed by atoms with van der Waals surface area (Å²) in [7, 11) is 0. The van der Waals surface area contributed by atoms with Gasteiger partial charge in [0.05, 0.1) is 13.0 Å². The molecule has 4 rings (SSSR count). The van der Waals surface area contributed by atoms with E-state index in [1.807, 2.05) is 17.0 Å². The summed E-state index contributed by atoms with van der Waals surface area (Å²) in [5.74, 6) is 2.49. The fraction of sp³-hybridized carbons (Fsp3) is 0.450. The summed E-state index contributed by atoms with van der Waals surface area (Å²) < 4.78 is 19.9. The lowest BCUT2D eigenvalue weighted by Crippen LogP contribution is -2.34. The van der Waals surface area contributed by atoms with E-state index in [0.29, 0.717) is 23.4 Å². The molecule has 25 heavy (non-hydrogen) atoms. The molecule has 0 aliphatic heterocycles. The third-order valence-electron chi connectivity index (χ3n) is 5.18. The van der Waals surface area contributed by atoms with E-state index in [2.05, 4.69) is 6.92 Å². The van der Waals surface area contributed by atoms with E-state index in [9.17, 15) is 9.18 Å². The average molecular weight is 362 g/mol. The molecular formula is C20H21ClFNO2. The smallest absolute Gasteiger partial charge is 0.227 e. The number of carbonyl (C=O) groups is 1. The van der Waals surface area contributed by atoms with Crippen molar-refractivity contribution in [3.8, 4) is 0 Å². The molecule has 1 aromatic heterocycles. The van der Waals surface area contributed by atoms with Gasteiger partial charge in [-0.25, -0.2) is 4.39 Å². The van der Waals surface area contributed by atoms with Crippen molar-refractivity contribution in [1.82, 2.24) is 4.90 Å². The first-order valence-electron chi connectivity index (χ1n) is 8.84. The van der Waals surface area contributed by atoms with Crippen LogP contribution in [-0.4, -0.2) is 16.8 Å². The summed E-state index contributed by atoms with van der Waals surface area (Å²) in [4.78, 5) is 14.6. The van der Waals surface area contributed by atoms with E-state index < -0.39 is 5.82 Å². The molecule has 1 amide bonds. The van der Waals surface area contributed by atoms with Crippen molar-refractivity contribution >= 4 is 17.5 Å². The number of nitrogens with zero attached hydrogens (tertiary/aromatic N) is 1. The van der Waals surface area contributed by atoms with E-state index in [0.717, 1.165) is 24.4 Å². The molecular weight excluding hydrogens is 341 g/mol. The Bertz CT molecular complexity index is 778. The Morgan fingerprint density at radius 2 is 2.08 bits per heavy atom. The van der Waals surface area contributed by atoms with Crippen molar-refractivity contribution < 1.29 is 13.6 Å². The third kappa shape index (κ3) is 3.59. The predicted octanol–water partition coefficient (Wildman–Crippen LogP) is 4.93. The highest BCUT2D eigenvalue weighted by Gasteiger charge is 2.37. The van der Waals surface area contributed by atoms with Gasteiger partial charge in [0.1, 0.15) is 17.3 Å². The maximum absolute atomic E-state index is 14.0. The van der Waals surface area contributed by atoms with Crippen LogP contribution in [0.15, 0.2) is 34.7 Å². The van der Waals surface area contributed by atoms with Crippen molar-refractivity contribution in [2.75, 3.05) is 0 Å². The van der Waals surface area contributed by atoms with E-state index in [1.54, 1.807) is 12.1 Å². The van der Waals surface area contributed by atoms with E-state index in [-0.39, 0.29) is 23.9 Å². The number of benzene rings is 1. The lowest BCUT2D eigenvalue weighted by atomic mass is 10.1. The molecule has 3 nitrogen and oxygen atoms in total. The molecule has 0 N–H and O–H groups in total. The average Bonchev–Trinajstić information content (AvgIpc) is 3.49. The molecule has 2 fully saturated rings. The van der Waals surface area contributed by atoms with Crippen molar-refractivity contribution in [3.05, 3.63) is 58.3 Å². The van der Waals surface area contributed by atoms with Gasteiger partial charge in [-0.15, -0.1) is 0 Å². The minimum Gasteiger partial charge on any atom is -0.464 e. The highest BCUT2D eigenvalue weighted by atomic mass is 35.5. The van der Waals surface area contributed by atoms with Gasteiger partial charge in [0.15, 0.2) is 0 Å². The second-order valence-electron chi connectivity index (χ2n) is 7.25. The monoisotopic (exact) mass is 361 g/mol. The maximum Gasteiger partial charge on any atom is 0.227 e. The van der Waals surface area contributed by atoms with Crippen LogP contribution in [0.25, 0.3) is 0 Å². The van der Waals surface area contributed by atoms with Crippen LogP contribution in [0.4, 0.5) is 4.39 Å². The molecule has 0 saturated heterocycles. The summed E-state index contributed by atoms with van der Waals surface area (Å²) >= 11 is 6.06. The number of rotatable bonds is 6. The molecule has 2 saturated carbocycles. The van der Waals surface area contributed by atoms with E-state index >= 15 is 0 Å². The van der Waals surface area contributed by atoms with Crippen LogP contribution >= 0.6 is 11.6 Å². The summed E-state index contributed by atoms with van der Waals surface area (Å²) in [6.45, 7) is 2.65. The molecule has 2 unspecified atom stereocenters. The third-order valence-corrected chi connectivity index (χ3v) is 5.54. The van der Waals surface area contributed by atoms with Gasteiger partial charge in [-0.05, 0) is 49.4 Å². The molecule has 1 heterocycles. The quantitative estimate of drug-likeness (QED) is 0.731. The minimum atomic E-state index is -0.431. The highest BCUT2D eigenvalue weighted by molar-refractivity contribution is 6.31. The van der Waals surface area contributed by atoms with Gasteiger partial charge >= 0.3 is 0 Å². The second-order valence-corrected chi connectivity index (χ2v) is 7.66. The Morgan fingerprint density at radius 1 is 1.32 bits per heavy atom. The number of furan rings is 1. The van der Waals surface area contributed by atoms with E-state index in [1.165, 1.54) is 12.5 Å². The zero-order valence-corrected chi connectivity index (χ0v) is 14.9. The van der Waals surface area contributed by atoms with Crippen molar-refractivity contribution in [1.29, 1.82) is 0 Å². The first-order valence-corrected chi connectivity index (χ1v) is 9.21. The zero-order chi connectivity index (χ0) is 17.6. The summed E-state index contributed by atoms with van der Waals surface area (Å²) in [5.41, 5.74) is 0.270. The number of halogens is 2. The Balaban J connectivity index is 1.47. The van der Waals surface area contributed by atoms with Crippen LogP contribution in [0.5, 0.6) is 0 Å². The van der Waals surface area contributed by atoms with Gasteiger partial charge in [0, 0.05) is 22.5 Å². The molecule has 0 bridgehead atoms. The number of carbonyl (C=O) groups excluding carboxylic acids is 1. The Kier molecular flexibility index (Phi) is 4.32. The Morgan fingerprint density at radius 3 is 2.72 bits per heavy atom. The standard InChI is InChI=1S/C20H21ClFNO2/c1-12-9-15(12)19-8-7-14(25-19)11-23(13-5-6-13)20(24)10-16-17(21)3-2-4-18(16)22/h2-4,7-8,12-13,15H,5-6,9-11H2,1H3. The molecule has 2 atom stereocenters. The largest absolute Gasteiger partial charge is 0.464 e. The fourth-order valence-electron chi connectivity index (χ4n) is 3.33. The molecule has 2 aliphatic carbocycles. The van der Waals surface area contributed by atoms with Crippen molar-refractivity contribution in [2.24, 2.45) is 5.92 Å². The van der Waals surface area contributed by atoms with Crippen LogP contribution < -0.4 is 0 Å². The first-order chi connectivity index (χ1) is 12.0. The Hall–Kier alpha value is -1.81. The van der Waals surface area contributed by atoms with Crippen LogP contribution in [0.2, 0.25) is 5.02 Å². The summed E-state index contributed by atoms with van der Waals surface area (Å²) in [6.07, 6.45) is 3.13. The maximum atomic E-state index is 14.0. The number of amides is 1. The number of hydrogen-bond donors (Lipinski definition) is 0. The van der Waals surface area contributed by atoms with Crippen LogP contribution in [0.3, 0.4) is 0 Å². The van der Waals surface area contributed by atoms with Crippen LogP contribution in [-0.2, 0) is 17.8 Å². The topological polar surface area (TPSA) is 33.5 Å². The van der Waals surface area contributed by atoms with Crippen LogP contribution in [0.1, 0.15) is 49.2 Å². The highest BCUT2D eigenvalue weighted by Crippen LogP contribution is 2.47. The molecule has 132 valence electrons. The minimum absolute atomic E-state index is 0.0186. The van der Waals surface area contributed by atoms with Gasteiger partial charge in [-0.3, -0.25) is 4.79 Å². The molecule has 2 aromatic rings. The zero-order valence-electron chi connectivity index (χ0n) is 14.2. The lowest BCUT2D eigenvalue weighted by molar-refractivity contribution is -0.132. The molecule has 1 aromatic carbocycles. The molecule has 0 radical (unpaired) electrons. The second kappa shape index (κ2) is 6.49. The van der Waals surface area contributed by atoms with Crippen molar-refractivity contribution in [3.63, 3.8) is 0 Å². The summed E-state index contributed by atoms with van der Waals surface area (Å²) in [5, 5.41) is 0.298. The Labute approximate surface area is 151 Å².